The second kappa shape index (κ2) is 9.18. The van der Waals surface area contributed by atoms with E-state index in [0.717, 1.165) is 0 Å². The zero-order valence-corrected chi connectivity index (χ0v) is 14.7. The molecule has 2 rings (SSSR count). The van der Waals surface area contributed by atoms with Gasteiger partial charge in [0.15, 0.2) is 11.5 Å². The van der Waals surface area contributed by atoms with E-state index >= 15 is 0 Å². The molecule has 136 valence electrons. The van der Waals surface area contributed by atoms with Gasteiger partial charge in [0.2, 0.25) is 5.75 Å². The fourth-order valence-electron chi connectivity index (χ4n) is 2.13. The minimum atomic E-state index is -0.437. The Balaban J connectivity index is 1.96. The van der Waals surface area contributed by atoms with Crippen molar-refractivity contribution in [2.24, 2.45) is 0 Å². The maximum atomic E-state index is 12.8. The lowest BCUT2D eigenvalue weighted by atomic mass is 10.2. The van der Waals surface area contributed by atoms with Crippen molar-refractivity contribution in [2.75, 3.05) is 33.2 Å². The molecule has 0 aliphatic carbocycles. The van der Waals surface area contributed by atoms with E-state index in [-0.39, 0.29) is 12.4 Å². The Morgan fingerprint density at radius 2 is 1.65 bits per heavy atom. The van der Waals surface area contributed by atoms with Crippen molar-refractivity contribution < 1.29 is 23.4 Å². The molecule has 2 aromatic carbocycles. The zero-order chi connectivity index (χ0) is 18.9. The number of hydrogen-bond donors (Lipinski definition) is 2. The number of hydrogen-bond acceptors (Lipinski definition) is 4. The quantitative estimate of drug-likeness (QED) is 0.806. The van der Waals surface area contributed by atoms with E-state index in [1.54, 1.807) is 24.3 Å². The van der Waals surface area contributed by atoms with Gasteiger partial charge in [-0.3, -0.25) is 0 Å². The molecule has 0 atom stereocenters. The van der Waals surface area contributed by atoms with Gasteiger partial charge in [0.05, 0.1) is 33.6 Å². The first kappa shape index (κ1) is 18.9. The van der Waals surface area contributed by atoms with Crippen LogP contribution < -0.4 is 24.8 Å². The van der Waals surface area contributed by atoms with Crippen molar-refractivity contribution in [1.82, 2.24) is 5.32 Å². The number of methoxy groups -OCH3 is 3. The number of amides is 2. The Morgan fingerprint density at radius 3 is 2.19 bits per heavy atom. The van der Waals surface area contributed by atoms with Crippen LogP contribution in [0.5, 0.6) is 17.2 Å². The first-order valence-corrected chi connectivity index (χ1v) is 7.66. The van der Waals surface area contributed by atoms with Gasteiger partial charge in [-0.25, -0.2) is 9.18 Å². The standard InChI is InChI=1S/C19H19FN2O4/c1-24-16-11-15(12-17(25-2)18(16)26-3)22-19(23)21-10-4-5-13-6-8-14(20)9-7-13/h6-9,11-12H,10H2,1-3H3,(H2,21,22,23). The molecule has 0 fully saturated rings. The Morgan fingerprint density at radius 1 is 1.04 bits per heavy atom. The van der Waals surface area contributed by atoms with Crippen LogP contribution in [0.2, 0.25) is 0 Å². The van der Waals surface area contributed by atoms with Crippen LogP contribution in [0.25, 0.3) is 0 Å². The summed E-state index contributed by atoms with van der Waals surface area (Å²) in [4.78, 5) is 12.0. The summed E-state index contributed by atoms with van der Waals surface area (Å²) in [5.41, 5.74) is 1.14. The van der Waals surface area contributed by atoms with Gasteiger partial charge >= 0.3 is 6.03 Å². The second-order valence-electron chi connectivity index (χ2n) is 5.03. The molecule has 0 spiro atoms. The van der Waals surface area contributed by atoms with Crippen LogP contribution in [0.1, 0.15) is 5.56 Å². The average Bonchev–Trinajstić information content (AvgIpc) is 2.65. The number of rotatable bonds is 5. The van der Waals surface area contributed by atoms with Gasteiger partial charge in [-0.15, -0.1) is 0 Å². The second-order valence-corrected chi connectivity index (χ2v) is 5.03. The predicted molar refractivity (Wildman–Crippen MR) is 96.4 cm³/mol. The van der Waals surface area contributed by atoms with Crippen molar-refractivity contribution in [3.05, 3.63) is 47.8 Å². The van der Waals surface area contributed by atoms with E-state index in [1.807, 2.05) is 0 Å². The van der Waals surface area contributed by atoms with E-state index in [1.165, 1.54) is 33.5 Å². The van der Waals surface area contributed by atoms with Crippen LogP contribution in [0, 0.1) is 17.7 Å². The highest BCUT2D eigenvalue weighted by Crippen LogP contribution is 2.39. The molecule has 7 heteroatoms. The van der Waals surface area contributed by atoms with Gasteiger partial charge in [-0.1, -0.05) is 11.8 Å². The number of ether oxygens (including phenoxy) is 3. The molecular weight excluding hydrogens is 339 g/mol. The van der Waals surface area contributed by atoms with Crippen molar-refractivity contribution in [3.8, 4) is 29.1 Å². The highest BCUT2D eigenvalue weighted by Gasteiger charge is 2.14. The Kier molecular flexibility index (Phi) is 6.68. The number of urea groups is 1. The van der Waals surface area contributed by atoms with Gasteiger partial charge in [0.25, 0.3) is 0 Å². The lowest BCUT2D eigenvalue weighted by molar-refractivity contribution is 0.253. The summed E-state index contributed by atoms with van der Waals surface area (Å²) in [7, 11) is 4.48. The van der Waals surface area contributed by atoms with Gasteiger partial charge in [-0.05, 0) is 24.3 Å². The average molecular weight is 358 g/mol. The van der Waals surface area contributed by atoms with E-state index in [9.17, 15) is 9.18 Å². The number of carbonyl (C=O) groups is 1. The Labute approximate surface area is 151 Å². The monoisotopic (exact) mass is 358 g/mol. The molecular formula is C19H19FN2O4. The van der Waals surface area contributed by atoms with Crippen LogP contribution in [0.15, 0.2) is 36.4 Å². The molecule has 26 heavy (non-hydrogen) atoms. The molecule has 0 aromatic heterocycles. The number of nitrogens with one attached hydrogen (secondary N) is 2. The topological polar surface area (TPSA) is 68.8 Å². The first-order chi connectivity index (χ1) is 12.6. The lowest BCUT2D eigenvalue weighted by Crippen LogP contribution is -2.28. The van der Waals surface area contributed by atoms with Crippen LogP contribution in [-0.4, -0.2) is 33.9 Å². The molecule has 0 heterocycles. The van der Waals surface area contributed by atoms with E-state index in [0.29, 0.717) is 28.5 Å². The number of carbonyl (C=O) groups excluding carboxylic acids is 1. The molecule has 2 aromatic rings. The highest BCUT2D eigenvalue weighted by molar-refractivity contribution is 5.90. The number of halogens is 1. The first-order valence-electron chi connectivity index (χ1n) is 7.66. The summed E-state index contributed by atoms with van der Waals surface area (Å²) in [5.74, 6) is 6.59. The number of anilines is 1. The third-order valence-corrected chi connectivity index (χ3v) is 3.34. The molecule has 6 nitrogen and oxygen atoms in total. The summed E-state index contributed by atoms with van der Waals surface area (Å²) in [6, 6.07) is 8.59. The SMILES string of the molecule is COc1cc(NC(=O)NCC#Cc2ccc(F)cc2)cc(OC)c1OC. The molecule has 0 saturated carbocycles. The maximum absolute atomic E-state index is 12.8. The number of benzene rings is 2. The lowest BCUT2D eigenvalue weighted by Gasteiger charge is -2.14. The van der Waals surface area contributed by atoms with E-state index < -0.39 is 6.03 Å². The minimum Gasteiger partial charge on any atom is -0.493 e. The summed E-state index contributed by atoms with van der Waals surface area (Å²) in [5, 5.41) is 5.27. The predicted octanol–water partition coefficient (Wildman–Crippen LogP) is 3.02. The smallest absolute Gasteiger partial charge is 0.319 e. The van der Waals surface area contributed by atoms with E-state index in [2.05, 4.69) is 22.5 Å². The van der Waals surface area contributed by atoms with Gasteiger partial charge in [0.1, 0.15) is 5.82 Å². The fourth-order valence-corrected chi connectivity index (χ4v) is 2.13. The van der Waals surface area contributed by atoms with Gasteiger partial charge in [0, 0.05) is 17.7 Å². The Bertz CT molecular complexity index is 801. The molecule has 0 radical (unpaired) electrons. The molecule has 0 aliphatic heterocycles. The summed E-state index contributed by atoms with van der Waals surface area (Å²) < 4.78 is 28.5. The van der Waals surface area contributed by atoms with Crippen LogP contribution in [0.3, 0.4) is 0 Å². The molecule has 2 amide bonds. The third kappa shape index (κ3) is 5.05. The van der Waals surface area contributed by atoms with Crippen LogP contribution >= 0.6 is 0 Å². The zero-order valence-electron chi connectivity index (χ0n) is 14.7. The normalized spacial score (nSPS) is 9.54. The molecule has 2 N–H and O–H groups in total. The molecule has 0 unspecified atom stereocenters. The van der Waals surface area contributed by atoms with Crippen molar-refractivity contribution in [2.45, 2.75) is 0 Å². The summed E-state index contributed by atoms with van der Waals surface area (Å²) >= 11 is 0. The molecule has 0 saturated heterocycles. The van der Waals surface area contributed by atoms with Gasteiger partial charge < -0.3 is 24.8 Å². The van der Waals surface area contributed by atoms with Crippen LogP contribution in [0.4, 0.5) is 14.9 Å². The molecule has 0 bridgehead atoms. The highest BCUT2D eigenvalue weighted by atomic mass is 19.1. The Hall–Kier alpha value is -3.40. The molecule has 0 aliphatic rings. The van der Waals surface area contributed by atoms with Gasteiger partial charge in [-0.2, -0.15) is 0 Å². The van der Waals surface area contributed by atoms with Crippen molar-refractivity contribution in [1.29, 1.82) is 0 Å². The maximum Gasteiger partial charge on any atom is 0.319 e. The summed E-state index contributed by atoms with van der Waals surface area (Å²) in [6.07, 6.45) is 0. The van der Waals surface area contributed by atoms with Crippen molar-refractivity contribution in [3.63, 3.8) is 0 Å². The fraction of sp³-hybridized carbons (Fsp3) is 0.211. The summed E-state index contributed by atoms with van der Waals surface area (Å²) in [6.45, 7) is 0.133. The van der Waals surface area contributed by atoms with Crippen molar-refractivity contribution >= 4 is 11.7 Å². The minimum absolute atomic E-state index is 0.133. The van der Waals surface area contributed by atoms with E-state index in [4.69, 9.17) is 14.2 Å². The van der Waals surface area contributed by atoms with Crippen LogP contribution in [-0.2, 0) is 0 Å². The largest absolute Gasteiger partial charge is 0.493 e. The third-order valence-electron chi connectivity index (χ3n) is 3.34.